The summed E-state index contributed by atoms with van der Waals surface area (Å²) in [5, 5.41) is 8.92. The first-order valence-corrected chi connectivity index (χ1v) is 21.8. The summed E-state index contributed by atoms with van der Waals surface area (Å²) in [4.78, 5) is 62.6. The lowest BCUT2D eigenvalue weighted by Crippen LogP contribution is -2.57. The fourth-order valence-electron chi connectivity index (χ4n) is 8.41. The third kappa shape index (κ3) is 8.67. The van der Waals surface area contributed by atoms with E-state index in [2.05, 4.69) is 33.3 Å². The number of allylic oxidation sites excluding steroid dienone is 1. The molecule has 4 amide bonds. The molecule has 3 aliphatic heterocycles. The van der Waals surface area contributed by atoms with Gasteiger partial charge in [0.1, 0.15) is 28.9 Å². The minimum absolute atomic E-state index is 0.0145. The van der Waals surface area contributed by atoms with Crippen LogP contribution in [0, 0.1) is 11.3 Å². The van der Waals surface area contributed by atoms with Gasteiger partial charge in [0.2, 0.25) is 11.8 Å². The molecule has 1 spiro atoms. The smallest absolute Gasteiger partial charge is 0.407 e. The third-order valence-corrected chi connectivity index (χ3v) is 14.6. The van der Waals surface area contributed by atoms with E-state index in [1.807, 2.05) is 39.1 Å². The van der Waals surface area contributed by atoms with Crippen molar-refractivity contribution in [1.29, 1.82) is 0 Å². The second kappa shape index (κ2) is 15.8. The zero-order chi connectivity index (χ0) is 40.9. The van der Waals surface area contributed by atoms with Crippen LogP contribution in [0.15, 0.2) is 30.4 Å². The Hall–Kier alpha value is -3.78. The molecule has 1 aromatic carbocycles. The van der Waals surface area contributed by atoms with Crippen molar-refractivity contribution in [1.82, 2.24) is 25.2 Å². The summed E-state index contributed by atoms with van der Waals surface area (Å²) in [6.07, 6.45) is 6.64. The predicted molar refractivity (Wildman–Crippen MR) is 218 cm³/mol. The third-order valence-electron chi connectivity index (χ3n) is 12.0. The topological polar surface area (TPSA) is 139 Å². The SMILES string of the molecule is C/C=S(/NC(=O)[C@@]12CC1/C=C\CCCCC[C@H](NC(=O)OCC(C)(C)C)C(=O)N1C[C@@]3(CCc4c(c(C(F)F)nc5ccc(Cl)cc45)O3)C[C@H]1C(=O)N2)C1(C)CC1. The number of ether oxygens (including phenoxy) is 2. The molecule has 57 heavy (non-hydrogen) atoms. The van der Waals surface area contributed by atoms with Gasteiger partial charge in [0, 0.05) is 33.1 Å². The summed E-state index contributed by atoms with van der Waals surface area (Å²) in [6.45, 7) is 9.88. The Morgan fingerprint density at radius 2 is 1.95 bits per heavy atom. The number of hydrogen-bond donors (Lipinski definition) is 3. The van der Waals surface area contributed by atoms with E-state index in [-0.39, 0.29) is 47.3 Å². The Labute approximate surface area is 340 Å². The maximum absolute atomic E-state index is 14.8. The summed E-state index contributed by atoms with van der Waals surface area (Å²) in [7, 11) is -0.500. The summed E-state index contributed by atoms with van der Waals surface area (Å²) < 4.78 is 44.7. The largest absolute Gasteiger partial charge is 0.483 e. The minimum atomic E-state index is -2.96. The quantitative estimate of drug-likeness (QED) is 0.200. The van der Waals surface area contributed by atoms with Crippen molar-refractivity contribution in [2.24, 2.45) is 11.3 Å². The molecule has 5 aliphatic rings. The van der Waals surface area contributed by atoms with Gasteiger partial charge in [0.25, 0.3) is 12.3 Å². The van der Waals surface area contributed by atoms with Crippen LogP contribution in [0.1, 0.15) is 117 Å². The number of carbonyl (C=O) groups excluding carboxylic acids is 4. The molecular weight excluding hydrogens is 776 g/mol. The van der Waals surface area contributed by atoms with Gasteiger partial charge in [-0.05, 0) is 94.2 Å². The van der Waals surface area contributed by atoms with E-state index in [0.29, 0.717) is 53.6 Å². The number of amides is 4. The van der Waals surface area contributed by atoms with Crippen molar-refractivity contribution in [3.05, 3.63) is 46.6 Å². The number of benzene rings is 1. The number of carbonyl (C=O) groups is 4. The Kier molecular flexibility index (Phi) is 11.4. The van der Waals surface area contributed by atoms with E-state index < -0.39 is 63.9 Å². The molecule has 2 unspecified atom stereocenters. The van der Waals surface area contributed by atoms with Gasteiger partial charge in [0.05, 0.1) is 18.7 Å². The van der Waals surface area contributed by atoms with Gasteiger partial charge in [-0.15, -0.1) is 0 Å². The number of pyridine rings is 1. The number of aryl methyl sites for hydroxylation is 1. The fraction of sp³-hybridized carbons (Fsp3) is 0.619. The van der Waals surface area contributed by atoms with Crippen LogP contribution in [0.5, 0.6) is 5.75 Å². The molecule has 310 valence electrons. The van der Waals surface area contributed by atoms with Crippen LogP contribution in [-0.4, -0.2) is 80.2 Å². The molecule has 2 saturated carbocycles. The van der Waals surface area contributed by atoms with E-state index >= 15 is 0 Å². The van der Waals surface area contributed by atoms with Crippen molar-refractivity contribution in [3.8, 4) is 5.75 Å². The number of hydrogen-bond acceptors (Lipinski definition) is 7. The van der Waals surface area contributed by atoms with Gasteiger partial charge in [0.15, 0.2) is 5.75 Å². The molecule has 11 nitrogen and oxygen atoms in total. The number of rotatable bonds is 6. The lowest BCUT2D eigenvalue weighted by atomic mass is 9.87. The van der Waals surface area contributed by atoms with Gasteiger partial charge in [-0.1, -0.05) is 68.0 Å². The molecular formula is C42H54ClF2N5O6S. The first-order chi connectivity index (χ1) is 27.0. The van der Waals surface area contributed by atoms with Gasteiger partial charge in [-0.25, -0.2) is 18.6 Å². The summed E-state index contributed by atoms with van der Waals surface area (Å²) in [5.74, 6) is -1.63. The molecule has 4 heterocycles. The molecule has 1 saturated heterocycles. The van der Waals surface area contributed by atoms with Crippen LogP contribution in [-0.2, 0) is 25.5 Å². The molecule has 1 aromatic heterocycles. The molecule has 0 radical (unpaired) electrons. The Morgan fingerprint density at radius 3 is 2.65 bits per heavy atom. The van der Waals surface area contributed by atoms with E-state index in [0.717, 1.165) is 32.1 Å². The lowest BCUT2D eigenvalue weighted by Gasteiger charge is -2.37. The Balaban J connectivity index is 1.24. The van der Waals surface area contributed by atoms with E-state index in [1.165, 1.54) is 4.90 Å². The maximum atomic E-state index is 14.8. The number of fused-ring (bicyclic) bond motifs is 5. The first-order valence-electron chi connectivity index (χ1n) is 20.1. The average molecular weight is 830 g/mol. The number of alkyl halides is 2. The fourth-order valence-corrected chi connectivity index (χ4v) is 10.4. The highest BCUT2D eigenvalue weighted by Gasteiger charge is 2.62. The van der Waals surface area contributed by atoms with E-state index in [9.17, 15) is 28.0 Å². The van der Waals surface area contributed by atoms with Crippen molar-refractivity contribution in [2.75, 3.05) is 13.2 Å². The van der Waals surface area contributed by atoms with Crippen LogP contribution < -0.4 is 20.1 Å². The molecule has 7 rings (SSSR count). The Morgan fingerprint density at radius 1 is 1.18 bits per heavy atom. The number of nitrogens with zero attached hydrogens (tertiary/aromatic N) is 2. The van der Waals surface area contributed by atoms with E-state index in [4.69, 9.17) is 21.1 Å². The highest BCUT2D eigenvalue weighted by Crippen LogP contribution is 2.53. The standard InChI is InChI=1S/C42H54ClF2N5O6S/c1-6-57(40(5)18-19-40)49-37(53)42-21-25(42)12-10-8-7-9-11-13-30(47-38(54)55-24-39(2,3)4)36(52)50-23-41(22-31(50)35(51)48-42)17-16-27-28-20-26(43)14-15-29(28)46-32(34(44)45)33(27)56-41/h6,10,12,14-15,20,25,30-31,34H,7-9,11,13,16-19,21-24H2,1-5H3,(H,47,54)(H,48,51)(H,49,53)/b12-10-/t25?,30-,31-,41+,42+,57?/m0/s1. The molecule has 6 atom stereocenters. The second-order valence-electron chi connectivity index (χ2n) is 17.9. The van der Waals surface area contributed by atoms with Crippen molar-refractivity contribution < 1.29 is 37.4 Å². The highest BCUT2D eigenvalue weighted by molar-refractivity contribution is 8.15. The summed E-state index contributed by atoms with van der Waals surface area (Å²) in [5.41, 5.74) is -2.39. The zero-order valence-electron chi connectivity index (χ0n) is 33.4. The predicted octanol–water partition coefficient (Wildman–Crippen LogP) is 7.70. The van der Waals surface area contributed by atoms with Crippen LogP contribution in [0.3, 0.4) is 0 Å². The Bertz CT molecular complexity index is 2020. The van der Waals surface area contributed by atoms with Crippen LogP contribution in [0.4, 0.5) is 13.6 Å². The molecule has 0 bridgehead atoms. The monoisotopic (exact) mass is 829 g/mol. The molecule has 3 fully saturated rings. The number of alkyl carbamates (subject to hydrolysis) is 1. The molecule has 15 heteroatoms. The second-order valence-corrected chi connectivity index (χ2v) is 20.6. The lowest BCUT2D eigenvalue weighted by molar-refractivity contribution is -0.141. The van der Waals surface area contributed by atoms with Gasteiger partial charge < -0.3 is 29.7 Å². The van der Waals surface area contributed by atoms with Gasteiger partial charge in [-0.2, -0.15) is 0 Å². The molecule has 2 aromatic rings. The van der Waals surface area contributed by atoms with Gasteiger partial charge in [-0.3, -0.25) is 14.4 Å². The molecule has 3 N–H and O–H groups in total. The zero-order valence-corrected chi connectivity index (χ0v) is 34.9. The van der Waals surface area contributed by atoms with Crippen molar-refractivity contribution in [2.45, 2.75) is 140 Å². The van der Waals surface area contributed by atoms with Crippen LogP contribution in [0.25, 0.3) is 10.9 Å². The molecule has 2 aliphatic carbocycles. The number of nitrogens with one attached hydrogen (secondary N) is 3. The highest BCUT2D eigenvalue weighted by atomic mass is 35.5. The van der Waals surface area contributed by atoms with Crippen LogP contribution in [0.2, 0.25) is 5.02 Å². The van der Waals surface area contributed by atoms with Gasteiger partial charge >= 0.3 is 6.09 Å². The summed E-state index contributed by atoms with van der Waals surface area (Å²) in [6, 6.07) is 2.71. The average Bonchev–Trinajstić information content (AvgIpc) is 4.05. The number of halogens is 3. The maximum Gasteiger partial charge on any atom is 0.407 e. The van der Waals surface area contributed by atoms with E-state index in [1.54, 1.807) is 18.2 Å². The summed E-state index contributed by atoms with van der Waals surface area (Å²) >= 11 is 6.33. The minimum Gasteiger partial charge on any atom is -0.483 e. The number of aromatic nitrogens is 1. The first kappa shape index (κ1) is 41.4. The van der Waals surface area contributed by atoms with Crippen molar-refractivity contribution >= 4 is 62.4 Å². The normalized spacial score (nSPS) is 29.6. The van der Waals surface area contributed by atoms with Crippen molar-refractivity contribution in [3.63, 3.8) is 0 Å². The van der Waals surface area contributed by atoms with Crippen LogP contribution >= 0.6 is 22.3 Å².